The molecule has 0 heterocycles. The average Bonchev–Trinajstić information content (AvgIpc) is 1.66. The highest BCUT2D eigenvalue weighted by Crippen LogP contribution is 2.36. The average molecular weight is 168 g/mol. The van der Waals surface area contributed by atoms with Gasteiger partial charge in [-0.15, -0.1) is 0 Å². The van der Waals surface area contributed by atoms with Crippen LogP contribution in [0.15, 0.2) is 0 Å². The Morgan fingerprint density at radius 2 is 2.00 bits per heavy atom. The maximum atomic E-state index is 2.22. The number of rotatable bonds is 4. The Balaban J connectivity index is 2.72. The van der Waals surface area contributed by atoms with E-state index >= 15 is 0 Å². The maximum Gasteiger partial charge on any atom is 0.0103 e. The summed E-state index contributed by atoms with van der Waals surface area (Å²) < 4.78 is 0. The lowest BCUT2D eigenvalue weighted by molar-refractivity contribution is 1.12. The van der Waals surface area contributed by atoms with Crippen LogP contribution in [0.5, 0.6) is 0 Å². The predicted octanol–water partition coefficient (Wildman–Crippen LogP) is 3.44. The summed E-state index contributed by atoms with van der Waals surface area (Å²) >= 11 is 0. The summed E-state index contributed by atoms with van der Waals surface area (Å²) in [5.41, 5.74) is 0. The van der Waals surface area contributed by atoms with Crippen LogP contribution in [0.2, 0.25) is 0 Å². The molecule has 0 atom stereocenters. The van der Waals surface area contributed by atoms with Crippen molar-refractivity contribution in [2.45, 2.75) is 26.0 Å². The third-order valence-corrected chi connectivity index (χ3v) is 5.15. The van der Waals surface area contributed by atoms with Crippen LogP contribution >= 0.6 is 31.4 Å². The first-order valence-corrected chi connectivity index (χ1v) is 6.43. The molecule has 0 amide bonds. The lowest BCUT2D eigenvalue weighted by Crippen LogP contribution is -1.78. The van der Waals surface area contributed by atoms with Gasteiger partial charge in [-0.2, -0.15) is 0 Å². The first-order valence-electron chi connectivity index (χ1n) is 2.72. The Bertz CT molecular complexity index is 44.9. The van der Waals surface area contributed by atoms with E-state index in [1.807, 2.05) is 31.4 Å². The summed E-state index contributed by atoms with van der Waals surface area (Å²) in [6, 6.07) is 0. The SMILES string of the molecule is CCSSSC(C)C. The first-order chi connectivity index (χ1) is 3.77. The molecule has 0 aliphatic carbocycles. The highest BCUT2D eigenvalue weighted by Gasteiger charge is 1.92. The van der Waals surface area contributed by atoms with Crippen molar-refractivity contribution >= 4 is 31.4 Å². The van der Waals surface area contributed by atoms with Gasteiger partial charge in [-0.25, -0.2) is 0 Å². The molecule has 0 radical (unpaired) electrons. The molecule has 0 unspecified atom stereocenters. The molecule has 0 N–H and O–H groups in total. The van der Waals surface area contributed by atoms with Gasteiger partial charge >= 0.3 is 0 Å². The second kappa shape index (κ2) is 6.17. The molecule has 8 heavy (non-hydrogen) atoms. The van der Waals surface area contributed by atoms with Gasteiger partial charge in [-0.1, -0.05) is 42.4 Å². The van der Waals surface area contributed by atoms with Crippen molar-refractivity contribution in [3.63, 3.8) is 0 Å². The van der Waals surface area contributed by atoms with Gasteiger partial charge in [0, 0.05) is 11.0 Å². The second-order valence-electron chi connectivity index (χ2n) is 1.62. The summed E-state index contributed by atoms with van der Waals surface area (Å²) in [6.07, 6.45) is 0. The van der Waals surface area contributed by atoms with Crippen LogP contribution in [0.3, 0.4) is 0 Å². The monoisotopic (exact) mass is 168 g/mol. The first kappa shape index (κ1) is 9.05. The van der Waals surface area contributed by atoms with Crippen molar-refractivity contribution in [2.24, 2.45) is 0 Å². The lowest BCUT2D eigenvalue weighted by atomic mass is 10.6. The Morgan fingerprint density at radius 3 is 2.38 bits per heavy atom. The summed E-state index contributed by atoms with van der Waals surface area (Å²) in [4.78, 5) is 0. The van der Waals surface area contributed by atoms with Crippen LogP contribution < -0.4 is 0 Å². The minimum Gasteiger partial charge on any atom is -0.0828 e. The van der Waals surface area contributed by atoms with Gasteiger partial charge in [0.05, 0.1) is 0 Å². The topological polar surface area (TPSA) is 0 Å². The van der Waals surface area contributed by atoms with E-state index in [0.717, 1.165) is 5.25 Å². The van der Waals surface area contributed by atoms with Crippen molar-refractivity contribution in [3.8, 4) is 0 Å². The Hall–Kier alpha value is 1.05. The van der Waals surface area contributed by atoms with E-state index in [1.54, 1.807) is 0 Å². The van der Waals surface area contributed by atoms with Crippen LogP contribution in [0, 0.1) is 0 Å². The molecular weight excluding hydrogens is 156 g/mol. The molecular formula is C5H12S3. The standard InChI is InChI=1S/C5H12S3/c1-4-6-8-7-5(2)3/h5H,4H2,1-3H3. The van der Waals surface area contributed by atoms with Crippen LogP contribution in [-0.2, 0) is 0 Å². The smallest absolute Gasteiger partial charge is 0.0103 e. The zero-order valence-electron chi connectivity index (χ0n) is 5.51. The van der Waals surface area contributed by atoms with Crippen LogP contribution in [0.4, 0.5) is 0 Å². The zero-order valence-corrected chi connectivity index (χ0v) is 7.96. The van der Waals surface area contributed by atoms with Gasteiger partial charge < -0.3 is 0 Å². The highest BCUT2D eigenvalue weighted by molar-refractivity contribution is 9.09. The molecule has 3 heteroatoms. The fourth-order valence-corrected chi connectivity index (χ4v) is 4.17. The van der Waals surface area contributed by atoms with E-state index in [0.29, 0.717) is 0 Å². The summed E-state index contributed by atoms with van der Waals surface area (Å²) in [7, 11) is 5.75. The van der Waals surface area contributed by atoms with Crippen LogP contribution in [0.25, 0.3) is 0 Å². The second-order valence-corrected chi connectivity index (χ2v) is 6.62. The van der Waals surface area contributed by atoms with Crippen molar-refractivity contribution in [3.05, 3.63) is 0 Å². The fraction of sp³-hybridized carbons (Fsp3) is 1.00. The summed E-state index contributed by atoms with van der Waals surface area (Å²) in [6.45, 7) is 6.61. The fourth-order valence-electron chi connectivity index (χ4n) is 0.154. The van der Waals surface area contributed by atoms with E-state index in [1.165, 1.54) is 5.75 Å². The molecule has 0 bridgehead atoms. The summed E-state index contributed by atoms with van der Waals surface area (Å²) in [5.74, 6) is 1.21. The summed E-state index contributed by atoms with van der Waals surface area (Å²) in [5, 5.41) is 0.763. The van der Waals surface area contributed by atoms with Gasteiger partial charge in [-0.05, 0) is 9.83 Å². The van der Waals surface area contributed by atoms with E-state index in [2.05, 4.69) is 20.8 Å². The largest absolute Gasteiger partial charge is 0.0828 e. The number of hydrogen-bond acceptors (Lipinski definition) is 3. The van der Waals surface area contributed by atoms with E-state index in [9.17, 15) is 0 Å². The molecule has 0 aromatic carbocycles. The molecule has 0 fully saturated rings. The normalized spacial score (nSPS) is 10.5. The molecule has 0 aromatic heterocycles. The Kier molecular flexibility index (Phi) is 6.98. The third kappa shape index (κ3) is 7.05. The van der Waals surface area contributed by atoms with E-state index in [-0.39, 0.29) is 0 Å². The molecule has 0 nitrogen and oxygen atoms in total. The molecule has 0 aromatic rings. The van der Waals surface area contributed by atoms with Gasteiger partial charge in [0.25, 0.3) is 0 Å². The quantitative estimate of drug-likeness (QED) is 0.466. The van der Waals surface area contributed by atoms with Gasteiger partial charge in [-0.3, -0.25) is 0 Å². The molecule has 0 aliphatic heterocycles. The van der Waals surface area contributed by atoms with Gasteiger partial charge in [0.15, 0.2) is 0 Å². The minimum atomic E-state index is 0.763. The molecule has 0 saturated heterocycles. The van der Waals surface area contributed by atoms with Crippen LogP contribution in [-0.4, -0.2) is 11.0 Å². The maximum absolute atomic E-state index is 2.22. The molecule has 0 spiro atoms. The van der Waals surface area contributed by atoms with Crippen molar-refractivity contribution in [1.29, 1.82) is 0 Å². The third-order valence-electron chi connectivity index (χ3n) is 0.398. The Morgan fingerprint density at radius 1 is 1.38 bits per heavy atom. The molecule has 50 valence electrons. The van der Waals surface area contributed by atoms with E-state index < -0.39 is 0 Å². The molecule has 0 saturated carbocycles. The zero-order chi connectivity index (χ0) is 6.41. The highest BCUT2D eigenvalue weighted by atomic mass is 33.5. The molecule has 0 rings (SSSR count). The van der Waals surface area contributed by atoms with Gasteiger partial charge in [0.1, 0.15) is 0 Å². The van der Waals surface area contributed by atoms with Crippen molar-refractivity contribution in [2.75, 3.05) is 5.75 Å². The van der Waals surface area contributed by atoms with Gasteiger partial charge in [0.2, 0.25) is 0 Å². The Labute approximate surface area is 63.4 Å². The minimum absolute atomic E-state index is 0.763. The predicted molar refractivity (Wildman–Crippen MR) is 48.5 cm³/mol. The van der Waals surface area contributed by atoms with Crippen molar-refractivity contribution < 1.29 is 0 Å². The molecule has 0 aliphatic rings. The van der Waals surface area contributed by atoms with E-state index in [4.69, 9.17) is 0 Å². The van der Waals surface area contributed by atoms with Crippen molar-refractivity contribution in [1.82, 2.24) is 0 Å². The lowest BCUT2D eigenvalue weighted by Gasteiger charge is -1.99. The number of hydrogen-bond donors (Lipinski definition) is 0. The van der Waals surface area contributed by atoms with Crippen LogP contribution in [0.1, 0.15) is 20.8 Å².